The molecule has 2 aliphatic carbocycles. The molecule has 2 atom stereocenters. The quantitative estimate of drug-likeness (QED) is 0.156. The van der Waals surface area contributed by atoms with Crippen LogP contribution in [0.4, 0.5) is 11.4 Å². The summed E-state index contributed by atoms with van der Waals surface area (Å²) < 4.78 is 2.46. The van der Waals surface area contributed by atoms with E-state index in [9.17, 15) is 0 Å². The molecule has 12 rings (SSSR count). The van der Waals surface area contributed by atoms with Crippen molar-refractivity contribution in [1.82, 2.24) is 4.57 Å². The smallest absolute Gasteiger partial charge is 0.0541 e. The van der Waals surface area contributed by atoms with Crippen LogP contribution in [0.1, 0.15) is 72.8 Å². The van der Waals surface area contributed by atoms with Crippen molar-refractivity contribution in [3.63, 3.8) is 0 Å². The monoisotopic (exact) mass is 796 g/mol. The van der Waals surface area contributed by atoms with Gasteiger partial charge in [0.25, 0.3) is 0 Å². The Morgan fingerprint density at radius 3 is 2.13 bits per heavy atom. The molecule has 1 aliphatic heterocycles. The lowest BCUT2D eigenvalue weighted by atomic mass is 9.80. The topological polar surface area (TPSA) is 8.17 Å². The van der Waals surface area contributed by atoms with Gasteiger partial charge in [0.15, 0.2) is 0 Å². The van der Waals surface area contributed by atoms with Gasteiger partial charge in [0.05, 0.1) is 11.0 Å². The number of nitrogens with zero attached hydrogens (tertiary/aromatic N) is 2. The maximum absolute atomic E-state index is 2.51. The Kier molecular flexibility index (Phi) is 8.74. The van der Waals surface area contributed by atoms with Crippen LogP contribution in [0.3, 0.4) is 0 Å². The maximum atomic E-state index is 2.51. The van der Waals surface area contributed by atoms with Crippen molar-refractivity contribution in [2.75, 3.05) is 4.90 Å². The molecule has 0 amide bonds. The van der Waals surface area contributed by atoms with Crippen molar-refractivity contribution in [3.8, 4) is 27.9 Å². The molecule has 2 heteroatoms. The number of aromatic nitrogens is 1. The van der Waals surface area contributed by atoms with Gasteiger partial charge in [0.2, 0.25) is 0 Å². The fourth-order valence-corrected chi connectivity index (χ4v) is 10.9. The molecule has 0 radical (unpaired) electrons. The molecule has 0 N–H and O–H groups in total. The number of fused-ring (bicyclic) bond motifs is 8. The third kappa shape index (κ3) is 5.77. The highest BCUT2D eigenvalue weighted by Crippen LogP contribution is 2.53. The van der Waals surface area contributed by atoms with Crippen molar-refractivity contribution in [2.45, 2.75) is 51.4 Å². The Balaban J connectivity index is 0.928. The molecule has 2 heterocycles. The highest BCUT2D eigenvalue weighted by molar-refractivity contribution is 6.11. The van der Waals surface area contributed by atoms with Crippen LogP contribution in [-0.2, 0) is 6.42 Å². The van der Waals surface area contributed by atoms with Crippen LogP contribution in [0.15, 0.2) is 194 Å². The third-order valence-corrected chi connectivity index (χ3v) is 14.1. The van der Waals surface area contributed by atoms with E-state index >= 15 is 0 Å². The zero-order chi connectivity index (χ0) is 41.3. The lowest BCUT2D eigenvalue weighted by Crippen LogP contribution is -2.15. The van der Waals surface area contributed by atoms with Crippen LogP contribution in [0, 0.1) is 0 Å². The first-order valence-corrected chi connectivity index (χ1v) is 22.5. The SMILES string of the molecule is CCC(C)c1cccc(-n2c3ccccc3c3cc(C4=CC=C5C(C4)c4ccccc4N5c4ccc(-c5c6c(c(-c7ccccc7)c7ccccc57)CCC=C6)cc4)ccc32)c1. The Hall–Kier alpha value is -7.16. The first-order valence-electron chi connectivity index (χ1n) is 22.5. The molecule has 0 saturated carbocycles. The predicted molar refractivity (Wildman–Crippen MR) is 264 cm³/mol. The molecule has 2 unspecified atom stereocenters. The third-order valence-electron chi connectivity index (χ3n) is 14.1. The molecule has 298 valence electrons. The Labute approximate surface area is 364 Å². The maximum Gasteiger partial charge on any atom is 0.0541 e. The van der Waals surface area contributed by atoms with Gasteiger partial charge >= 0.3 is 0 Å². The molecule has 0 saturated heterocycles. The summed E-state index contributed by atoms with van der Waals surface area (Å²) in [7, 11) is 0. The summed E-state index contributed by atoms with van der Waals surface area (Å²) in [4.78, 5) is 2.51. The van der Waals surface area contributed by atoms with Crippen LogP contribution < -0.4 is 4.90 Å². The standard InChI is InChI=1S/C60H48N2/c1-3-39(2)42-18-15-19-46(36-42)62-56-27-14-12-21-48(56)54-38-44(31-35-58(54)62)43-30-34-57-53(37-43)47-20-11-13-26-55(47)61(57)45-32-28-41(29-33-45)60-51-24-9-7-22-49(51)59(40-16-5-4-6-17-40)50-23-8-10-25-52(50)60/h4-7,9-22,24-36,38-39,53H,3,8,23,37H2,1-2H3. The Bertz CT molecular complexity index is 3320. The van der Waals surface area contributed by atoms with Crippen molar-refractivity contribution >= 4 is 55.6 Å². The van der Waals surface area contributed by atoms with Gasteiger partial charge in [-0.25, -0.2) is 0 Å². The highest BCUT2D eigenvalue weighted by Gasteiger charge is 2.36. The van der Waals surface area contributed by atoms with Gasteiger partial charge in [-0.3, -0.25) is 0 Å². The van der Waals surface area contributed by atoms with Crippen molar-refractivity contribution < 1.29 is 0 Å². The molecule has 62 heavy (non-hydrogen) atoms. The second-order valence-electron chi connectivity index (χ2n) is 17.5. The molecule has 0 spiro atoms. The van der Waals surface area contributed by atoms with E-state index in [1.54, 1.807) is 0 Å². The van der Waals surface area contributed by atoms with Gasteiger partial charge in [0.1, 0.15) is 0 Å². The summed E-state index contributed by atoms with van der Waals surface area (Å²) in [5, 5.41) is 5.23. The van der Waals surface area contributed by atoms with Gasteiger partial charge in [0, 0.05) is 39.4 Å². The van der Waals surface area contributed by atoms with E-state index in [2.05, 4.69) is 217 Å². The average molecular weight is 797 g/mol. The molecule has 2 nitrogen and oxygen atoms in total. The average Bonchev–Trinajstić information content (AvgIpc) is 3.85. The summed E-state index contributed by atoms with van der Waals surface area (Å²) in [5.74, 6) is 0.798. The van der Waals surface area contributed by atoms with E-state index in [1.165, 1.54) is 111 Å². The number of benzene rings is 8. The Morgan fingerprint density at radius 2 is 1.29 bits per heavy atom. The number of rotatable bonds is 7. The number of hydrogen-bond donors (Lipinski definition) is 0. The molecular formula is C60H48N2. The van der Waals surface area contributed by atoms with Gasteiger partial charge in [-0.2, -0.15) is 0 Å². The van der Waals surface area contributed by atoms with Crippen LogP contribution >= 0.6 is 0 Å². The zero-order valence-corrected chi connectivity index (χ0v) is 35.4. The van der Waals surface area contributed by atoms with Crippen molar-refractivity contribution in [1.29, 1.82) is 0 Å². The normalized spacial score (nSPS) is 16.0. The molecule has 8 aromatic carbocycles. The van der Waals surface area contributed by atoms with Gasteiger partial charge < -0.3 is 9.47 Å². The Morgan fingerprint density at radius 1 is 0.581 bits per heavy atom. The van der Waals surface area contributed by atoms with Crippen molar-refractivity contribution in [3.05, 3.63) is 222 Å². The van der Waals surface area contributed by atoms with E-state index < -0.39 is 0 Å². The molecule has 1 aromatic heterocycles. The summed E-state index contributed by atoms with van der Waals surface area (Å²) in [6.45, 7) is 4.60. The van der Waals surface area contributed by atoms with E-state index in [0.29, 0.717) is 5.92 Å². The van der Waals surface area contributed by atoms with E-state index in [0.717, 1.165) is 25.7 Å². The van der Waals surface area contributed by atoms with Gasteiger partial charge in [-0.05, 0) is 153 Å². The number of allylic oxidation sites excluding steroid dienone is 5. The fraction of sp³-hybridized carbons (Fsp3) is 0.133. The molecule has 9 aromatic rings. The minimum atomic E-state index is 0.276. The summed E-state index contributed by atoms with van der Waals surface area (Å²) in [5.41, 5.74) is 21.1. The number of hydrogen-bond acceptors (Lipinski definition) is 1. The minimum Gasteiger partial charge on any atom is -0.313 e. The predicted octanol–water partition coefficient (Wildman–Crippen LogP) is 16.4. The summed E-state index contributed by atoms with van der Waals surface area (Å²) in [6.07, 6.45) is 13.7. The molecular weight excluding hydrogens is 749 g/mol. The lowest BCUT2D eigenvalue weighted by Gasteiger charge is -2.27. The first-order chi connectivity index (χ1) is 30.6. The van der Waals surface area contributed by atoms with Crippen LogP contribution in [-0.4, -0.2) is 4.57 Å². The first kappa shape index (κ1) is 36.7. The van der Waals surface area contributed by atoms with Gasteiger partial charge in [-0.15, -0.1) is 0 Å². The molecule has 0 bridgehead atoms. The van der Waals surface area contributed by atoms with Crippen LogP contribution in [0.25, 0.3) is 72.2 Å². The van der Waals surface area contributed by atoms with Crippen LogP contribution in [0.2, 0.25) is 0 Å². The summed E-state index contributed by atoms with van der Waals surface area (Å²) in [6, 6.07) is 63.6. The highest BCUT2D eigenvalue weighted by atomic mass is 15.2. The lowest BCUT2D eigenvalue weighted by molar-refractivity contribution is 0.733. The minimum absolute atomic E-state index is 0.276. The second kappa shape index (κ2) is 14.8. The van der Waals surface area contributed by atoms with Gasteiger partial charge in [-0.1, -0.05) is 153 Å². The van der Waals surface area contributed by atoms with E-state index in [-0.39, 0.29) is 5.92 Å². The second-order valence-corrected chi connectivity index (χ2v) is 17.5. The number of anilines is 2. The van der Waals surface area contributed by atoms with E-state index in [4.69, 9.17) is 0 Å². The van der Waals surface area contributed by atoms with E-state index in [1.807, 2.05) is 0 Å². The molecule has 0 fully saturated rings. The summed E-state index contributed by atoms with van der Waals surface area (Å²) >= 11 is 0. The largest absolute Gasteiger partial charge is 0.313 e. The zero-order valence-electron chi connectivity index (χ0n) is 35.4. The fourth-order valence-electron chi connectivity index (χ4n) is 10.9. The van der Waals surface area contributed by atoms with Crippen LogP contribution in [0.5, 0.6) is 0 Å². The number of para-hydroxylation sites is 2. The van der Waals surface area contributed by atoms with Crippen molar-refractivity contribution in [2.24, 2.45) is 0 Å². The molecule has 3 aliphatic rings.